The van der Waals surface area contributed by atoms with Crippen molar-refractivity contribution in [2.75, 3.05) is 7.05 Å². The number of fused-ring (bicyclic) bond motifs is 3. The molecule has 4 heterocycles. The van der Waals surface area contributed by atoms with Crippen LogP contribution in [0.15, 0.2) is 91.1 Å². The van der Waals surface area contributed by atoms with E-state index in [1.807, 2.05) is 72.8 Å². The smallest absolute Gasteiger partial charge is 0.419 e. The van der Waals surface area contributed by atoms with Crippen LogP contribution in [0.5, 0.6) is 0 Å². The highest BCUT2D eigenvalue weighted by atomic mass is 16.6. The van der Waals surface area contributed by atoms with Gasteiger partial charge in [-0.2, -0.15) is 0 Å². The summed E-state index contributed by atoms with van der Waals surface area (Å²) >= 11 is 0. The number of piperidine rings is 2. The number of piperazine rings is 1. The van der Waals surface area contributed by atoms with E-state index in [1.54, 1.807) is 55.9 Å². The number of nitrogens with zero attached hydrogens (tertiary/aromatic N) is 3. The van der Waals surface area contributed by atoms with E-state index in [0.29, 0.717) is 23.0 Å². The molecule has 4 aliphatic rings. The molecule has 4 aromatic rings. The topological polar surface area (TPSA) is 159 Å². The van der Waals surface area contributed by atoms with Gasteiger partial charge in [-0.15, -0.1) is 0 Å². The van der Waals surface area contributed by atoms with Gasteiger partial charge in [-0.3, -0.25) is 28.5 Å². The molecular formula is C45H52N6O7. The summed E-state index contributed by atoms with van der Waals surface area (Å²) in [6.07, 6.45) is 4.20. The first-order chi connectivity index (χ1) is 27.8. The lowest BCUT2D eigenvalue weighted by molar-refractivity contribution is -0.163. The highest BCUT2D eigenvalue weighted by Crippen LogP contribution is 2.41. The molecule has 13 nitrogen and oxygen atoms in total. The van der Waals surface area contributed by atoms with Crippen molar-refractivity contribution >= 4 is 46.5 Å². The Labute approximate surface area is 338 Å². The molecule has 58 heavy (non-hydrogen) atoms. The Morgan fingerprint density at radius 1 is 0.828 bits per heavy atom. The van der Waals surface area contributed by atoms with Crippen LogP contribution in [0, 0.1) is 5.92 Å². The van der Waals surface area contributed by atoms with E-state index >= 15 is 0 Å². The first kappa shape index (κ1) is 40.2. The van der Waals surface area contributed by atoms with Crippen LogP contribution in [0.25, 0.3) is 10.9 Å². The second-order valence-corrected chi connectivity index (χ2v) is 16.8. The fourth-order valence-corrected chi connectivity index (χ4v) is 8.71. The average Bonchev–Trinajstić information content (AvgIpc) is 3.57. The monoisotopic (exact) mass is 788 g/mol. The van der Waals surface area contributed by atoms with Crippen molar-refractivity contribution in [2.45, 2.75) is 108 Å². The Balaban J connectivity index is 1.17. The molecule has 304 valence electrons. The number of carbonyl (C=O) groups is 6. The maximum Gasteiger partial charge on any atom is 0.419 e. The van der Waals surface area contributed by atoms with Crippen molar-refractivity contribution in [1.82, 2.24) is 30.3 Å². The van der Waals surface area contributed by atoms with Crippen molar-refractivity contribution in [3.05, 3.63) is 108 Å². The van der Waals surface area contributed by atoms with E-state index in [4.69, 9.17) is 4.74 Å². The zero-order chi connectivity index (χ0) is 41.1. The summed E-state index contributed by atoms with van der Waals surface area (Å²) < 4.78 is 7.07. The van der Waals surface area contributed by atoms with Gasteiger partial charge in [-0.25, -0.2) is 4.79 Å². The normalized spacial score (nSPS) is 21.1. The van der Waals surface area contributed by atoms with Gasteiger partial charge in [0.2, 0.25) is 29.5 Å². The van der Waals surface area contributed by atoms with Crippen LogP contribution in [0.4, 0.5) is 4.79 Å². The summed E-state index contributed by atoms with van der Waals surface area (Å²) in [6.45, 7) is 5.62. The standard InChI is InChI=1S/C45H52N6O7/c1-45(2,3)58-44(57)50-27-31(33-17-11-12-18-37(33)50)24-34(46-38(52)25-36-43(56)51-32-21-19-30(20-22-32)39(51)41(54)48-36)40(53)47-35(23-28-13-7-5-8-14-28)42(55)49(4)26-29-15-9-6-10-16-29/h5-18,27,30,32,34-36,39H,19-26H2,1-4H3,(H,46,52)(H,47,53)(H,48,54). The van der Waals surface area contributed by atoms with Crippen LogP contribution in [-0.4, -0.2) is 92.9 Å². The van der Waals surface area contributed by atoms with Crippen molar-refractivity contribution < 1.29 is 33.5 Å². The number of hydrogen-bond acceptors (Lipinski definition) is 7. The third-order valence-corrected chi connectivity index (χ3v) is 11.4. The second kappa shape index (κ2) is 16.9. The molecule has 1 saturated carbocycles. The molecule has 1 aliphatic carbocycles. The molecule has 2 bridgehead atoms. The van der Waals surface area contributed by atoms with E-state index < -0.39 is 47.7 Å². The SMILES string of the molecule is CN(Cc1ccccc1)C(=O)C(Cc1ccccc1)NC(=O)C(Cc1cn(C(=O)OC(C)(C)C)c2ccccc12)NC(=O)CC1NC(=O)C2C3CCC(CC3)N2C1=O. The van der Waals surface area contributed by atoms with E-state index in [-0.39, 0.29) is 48.9 Å². The number of nitrogens with one attached hydrogen (secondary N) is 3. The van der Waals surface area contributed by atoms with Crippen LogP contribution >= 0.6 is 0 Å². The van der Waals surface area contributed by atoms with E-state index in [0.717, 1.165) is 36.8 Å². The van der Waals surface area contributed by atoms with Crippen LogP contribution in [0.1, 0.15) is 69.6 Å². The largest absolute Gasteiger partial charge is 0.443 e. The first-order valence-corrected chi connectivity index (χ1v) is 20.1. The van der Waals surface area contributed by atoms with Crippen molar-refractivity contribution in [2.24, 2.45) is 5.92 Å². The summed E-state index contributed by atoms with van der Waals surface area (Å²) in [7, 11) is 1.68. The van der Waals surface area contributed by atoms with Crippen molar-refractivity contribution in [3.8, 4) is 0 Å². The molecule has 4 atom stereocenters. The van der Waals surface area contributed by atoms with Crippen LogP contribution < -0.4 is 16.0 Å². The van der Waals surface area contributed by atoms with Gasteiger partial charge >= 0.3 is 6.09 Å². The van der Waals surface area contributed by atoms with Crippen LogP contribution in [0.3, 0.4) is 0 Å². The predicted octanol–water partition coefficient (Wildman–Crippen LogP) is 4.50. The third-order valence-electron chi connectivity index (χ3n) is 11.4. The molecular weight excluding hydrogens is 737 g/mol. The Morgan fingerprint density at radius 3 is 2.14 bits per heavy atom. The maximum absolute atomic E-state index is 14.6. The molecule has 4 fully saturated rings. The molecule has 3 aliphatic heterocycles. The quantitative estimate of drug-likeness (QED) is 0.191. The van der Waals surface area contributed by atoms with Gasteiger partial charge in [0.25, 0.3) is 0 Å². The van der Waals surface area contributed by atoms with Gasteiger partial charge in [-0.05, 0) is 75.1 Å². The highest BCUT2D eigenvalue weighted by Gasteiger charge is 2.52. The minimum atomic E-state index is -1.25. The Morgan fingerprint density at radius 2 is 1.47 bits per heavy atom. The molecule has 0 spiro atoms. The Kier molecular flexibility index (Phi) is 11.7. The van der Waals surface area contributed by atoms with Gasteiger partial charge in [0.05, 0.1) is 11.9 Å². The highest BCUT2D eigenvalue weighted by molar-refractivity contribution is 6.01. The molecule has 0 radical (unpaired) electrons. The minimum absolute atomic E-state index is 0.0287. The Hall–Kier alpha value is -5.98. The molecule has 5 amide bonds. The zero-order valence-electron chi connectivity index (χ0n) is 33.5. The van der Waals surface area contributed by atoms with Gasteiger partial charge in [0.15, 0.2) is 0 Å². The minimum Gasteiger partial charge on any atom is -0.443 e. The number of aromatic nitrogens is 1. The fourth-order valence-electron chi connectivity index (χ4n) is 8.71. The summed E-state index contributed by atoms with van der Waals surface area (Å²) in [6, 6.07) is 22.2. The molecule has 13 heteroatoms. The number of carbonyl (C=O) groups excluding carboxylic acids is 6. The van der Waals surface area contributed by atoms with Gasteiger partial charge in [0, 0.05) is 44.1 Å². The number of benzene rings is 3. The van der Waals surface area contributed by atoms with E-state index in [2.05, 4.69) is 16.0 Å². The van der Waals surface area contributed by atoms with Crippen LogP contribution in [0.2, 0.25) is 0 Å². The van der Waals surface area contributed by atoms with Crippen LogP contribution in [-0.2, 0) is 48.1 Å². The van der Waals surface area contributed by atoms with Crippen molar-refractivity contribution in [3.63, 3.8) is 0 Å². The van der Waals surface area contributed by atoms with E-state index in [1.165, 1.54) is 4.57 Å². The summed E-state index contributed by atoms with van der Waals surface area (Å²) in [4.78, 5) is 86.5. The molecule has 1 aromatic heterocycles. The molecule has 3 saturated heterocycles. The number of hydrogen-bond donors (Lipinski definition) is 3. The molecule has 3 N–H and O–H groups in total. The summed E-state index contributed by atoms with van der Waals surface area (Å²) in [5, 5.41) is 9.27. The fraction of sp³-hybridized carbons (Fsp3) is 0.422. The second-order valence-electron chi connectivity index (χ2n) is 16.8. The number of likely N-dealkylation sites (N-methyl/N-ethyl adjacent to an activating group) is 1. The number of para-hydroxylation sites is 1. The maximum atomic E-state index is 14.6. The zero-order valence-corrected chi connectivity index (χ0v) is 33.5. The number of ether oxygens (including phenoxy) is 1. The number of amides is 5. The number of rotatable bonds is 12. The van der Waals surface area contributed by atoms with Gasteiger partial charge in [-0.1, -0.05) is 78.9 Å². The Bertz CT molecular complexity index is 2170. The average molecular weight is 789 g/mol. The van der Waals surface area contributed by atoms with E-state index in [9.17, 15) is 28.8 Å². The lowest BCUT2D eigenvalue weighted by Gasteiger charge is -2.53. The third kappa shape index (κ3) is 8.93. The van der Waals surface area contributed by atoms with Crippen molar-refractivity contribution in [1.29, 1.82) is 0 Å². The molecule has 4 unspecified atom stereocenters. The van der Waals surface area contributed by atoms with Gasteiger partial charge in [0.1, 0.15) is 29.8 Å². The predicted molar refractivity (Wildman–Crippen MR) is 217 cm³/mol. The lowest BCUT2D eigenvalue weighted by atomic mass is 9.73. The molecule has 8 rings (SSSR count). The first-order valence-electron chi connectivity index (χ1n) is 20.1. The van der Waals surface area contributed by atoms with Gasteiger partial charge < -0.3 is 30.5 Å². The molecule has 3 aromatic carbocycles. The lowest BCUT2D eigenvalue weighted by Crippen LogP contribution is -2.71. The summed E-state index contributed by atoms with van der Waals surface area (Å²) in [5.74, 6) is -2.00. The summed E-state index contributed by atoms with van der Waals surface area (Å²) in [5.41, 5.74) is 2.10.